The molecule has 0 aliphatic carbocycles. The first-order valence-corrected chi connectivity index (χ1v) is 11.2. The Kier molecular flexibility index (Phi) is 7.83. The number of thiophene rings is 1. The number of hydrogen-bond donors (Lipinski definition) is 0. The summed E-state index contributed by atoms with van der Waals surface area (Å²) in [6, 6.07) is 10.4. The molecule has 1 aromatic heterocycles. The van der Waals surface area contributed by atoms with Gasteiger partial charge in [-0.05, 0) is 62.7 Å². The summed E-state index contributed by atoms with van der Waals surface area (Å²) in [5, 5.41) is 6.62. The van der Waals surface area contributed by atoms with Crippen molar-refractivity contribution >= 4 is 23.0 Å². The van der Waals surface area contributed by atoms with E-state index in [2.05, 4.69) is 47.5 Å². The first-order valence-electron chi connectivity index (χ1n) is 10.3. The van der Waals surface area contributed by atoms with Gasteiger partial charge in [-0.2, -0.15) is 0 Å². The summed E-state index contributed by atoms with van der Waals surface area (Å²) in [6.45, 7) is 9.46. The van der Waals surface area contributed by atoms with E-state index >= 15 is 0 Å². The van der Waals surface area contributed by atoms with Gasteiger partial charge in [-0.15, -0.1) is 11.3 Å². The molecule has 1 aliphatic heterocycles. The Labute approximate surface area is 177 Å². The molecular formula is C23H30N2O3S. The van der Waals surface area contributed by atoms with E-state index in [9.17, 15) is 4.79 Å². The number of carbonyl (C=O) groups excluding carboxylic acids is 1. The summed E-state index contributed by atoms with van der Waals surface area (Å²) < 4.78 is 5.18. The number of oxime groups is 1. The zero-order chi connectivity index (χ0) is 20.6. The number of hydrogen-bond acceptors (Lipinski definition) is 6. The van der Waals surface area contributed by atoms with Gasteiger partial charge >= 0.3 is 5.97 Å². The Morgan fingerprint density at radius 2 is 2.07 bits per heavy atom. The average Bonchev–Trinajstić information content (AvgIpc) is 3.15. The molecule has 1 fully saturated rings. The maximum absolute atomic E-state index is 12.0. The fourth-order valence-corrected chi connectivity index (χ4v) is 4.58. The van der Waals surface area contributed by atoms with E-state index in [4.69, 9.17) is 9.57 Å². The van der Waals surface area contributed by atoms with Gasteiger partial charge < -0.3 is 9.57 Å². The van der Waals surface area contributed by atoms with Gasteiger partial charge in [0.1, 0.15) is 12.3 Å². The van der Waals surface area contributed by atoms with Crippen molar-refractivity contribution in [3.05, 3.63) is 57.3 Å². The van der Waals surface area contributed by atoms with Gasteiger partial charge in [0.25, 0.3) is 0 Å². The van der Waals surface area contributed by atoms with Crippen LogP contribution in [0.25, 0.3) is 0 Å². The van der Waals surface area contributed by atoms with Crippen LogP contribution in [0.2, 0.25) is 0 Å². The van der Waals surface area contributed by atoms with E-state index in [1.165, 1.54) is 11.1 Å². The molecule has 0 saturated carbocycles. The highest BCUT2D eigenvalue weighted by Gasteiger charge is 2.26. The summed E-state index contributed by atoms with van der Waals surface area (Å²) in [6.07, 6.45) is 1.92. The van der Waals surface area contributed by atoms with E-state index in [1.807, 2.05) is 19.1 Å². The van der Waals surface area contributed by atoms with Crippen LogP contribution >= 0.6 is 11.3 Å². The minimum atomic E-state index is -0.0776. The monoisotopic (exact) mass is 414 g/mol. The maximum atomic E-state index is 12.0. The van der Waals surface area contributed by atoms with Crippen LogP contribution in [-0.4, -0.2) is 49.4 Å². The van der Waals surface area contributed by atoms with Crippen molar-refractivity contribution in [2.75, 3.05) is 32.8 Å². The number of ether oxygens (including phenoxy) is 1. The molecule has 6 heteroatoms. The van der Waals surface area contributed by atoms with Crippen molar-refractivity contribution in [3.8, 4) is 0 Å². The number of likely N-dealkylation sites (tertiary alicyclic amines) is 1. The summed E-state index contributed by atoms with van der Waals surface area (Å²) >= 11 is 1.68. The summed E-state index contributed by atoms with van der Waals surface area (Å²) in [5.41, 5.74) is 4.36. The lowest BCUT2D eigenvalue weighted by atomic mass is 9.98. The second-order valence-corrected chi connectivity index (χ2v) is 8.33. The Balaban J connectivity index is 1.63. The third kappa shape index (κ3) is 5.67. The lowest BCUT2D eigenvalue weighted by Gasteiger charge is -2.30. The smallest absolute Gasteiger partial charge is 0.310 e. The summed E-state index contributed by atoms with van der Waals surface area (Å²) in [4.78, 5) is 21.2. The topological polar surface area (TPSA) is 51.1 Å². The van der Waals surface area contributed by atoms with Crippen molar-refractivity contribution in [1.29, 1.82) is 0 Å². The van der Waals surface area contributed by atoms with Gasteiger partial charge in [-0.1, -0.05) is 29.4 Å². The number of nitrogens with zero attached hydrogens (tertiary/aromatic N) is 2. The van der Waals surface area contributed by atoms with Crippen LogP contribution in [0.15, 0.2) is 40.9 Å². The van der Waals surface area contributed by atoms with Crippen molar-refractivity contribution < 1.29 is 14.4 Å². The second kappa shape index (κ2) is 10.6. The number of piperidine rings is 1. The Morgan fingerprint density at radius 1 is 1.24 bits per heavy atom. The van der Waals surface area contributed by atoms with E-state index < -0.39 is 0 Å². The molecule has 5 nitrogen and oxygen atoms in total. The lowest BCUT2D eigenvalue weighted by Crippen LogP contribution is -2.40. The molecule has 0 amide bonds. The number of aryl methyl sites for hydroxylation is 2. The molecule has 2 heterocycles. The Hall–Kier alpha value is -2.18. The van der Waals surface area contributed by atoms with Crippen LogP contribution < -0.4 is 0 Å². The molecule has 1 saturated heterocycles. The van der Waals surface area contributed by atoms with Crippen LogP contribution in [-0.2, 0) is 14.4 Å². The van der Waals surface area contributed by atoms with Crippen LogP contribution in [0.4, 0.5) is 0 Å². The predicted molar refractivity (Wildman–Crippen MR) is 118 cm³/mol. The normalized spacial score (nSPS) is 17.9. The van der Waals surface area contributed by atoms with E-state index in [1.54, 1.807) is 11.3 Å². The highest BCUT2D eigenvalue weighted by Crippen LogP contribution is 2.23. The molecule has 2 aromatic rings. The molecule has 1 aromatic carbocycles. The third-order valence-electron chi connectivity index (χ3n) is 5.26. The van der Waals surface area contributed by atoms with Gasteiger partial charge in [0.2, 0.25) is 0 Å². The van der Waals surface area contributed by atoms with E-state index in [0.717, 1.165) is 48.6 Å². The predicted octanol–water partition coefficient (Wildman–Crippen LogP) is 4.41. The molecule has 0 unspecified atom stereocenters. The highest BCUT2D eigenvalue weighted by atomic mass is 32.1. The highest BCUT2D eigenvalue weighted by molar-refractivity contribution is 7.12. The van der Waals surface area contributed by atoms with Gasteiger partial charge in [0.15, 0.2) is 0 Å². The van der Waals surface area contributed by atoms with Gasteiger partial charge in [-0.3, -0.25) is 9.69 Å². The number of esters is 1. The third-order valence-corrected chi connectivity index (χ3v) is 6.28. The second-order valence-electron chi connectivity index (χ2n) is 7.41. The average molecular weight is 415 g/mol. The molecule has 0 N–H and O–H groups in total. The zero-order valence-corrected chi connectivity index (χ0v) is 18.3. The summed E-state index contributed by atoms with van der Waals surface area (Å²) in [7, 11) is 0. The minimum absolute atomic E-state index is 0.0245. The Morgan fingerprint density at radius 3 is 2.79 bits per heavy atom. The summed E-state index contributed by atoms with van der Waals surface area (Å²) in [5.74, 6) is -0.102. The fraction of sp³-hybridized carbons (Fsp3) is 0.478. The molecule has 3 rings (SSSR count). The van der Waals surface area contributed by atoms with Crippen molar-refractivity contribution in [2.45, 2.75) is 33.6 Å². The SMILES string of the molecule is CCOC(=O)[C@H]1CCCN(CCO/N=C(\c2ccccc2C)c2sccc2C)C1. The van der Waals surface area contributed by atoms with Crippen molar-refractivity contribution in [2.24, 2.45) is 11.1 Å². The van der Waals surface area contributed by atoms with Crippen LogP contribution in [0.3, 0.4) is 0 Å². The molecule has 0 bridgehead atoms. The fourth-order valence-electron chi connectivity index (χ4n) is 3.66. The van der Waals surface area contributed by atoms with Crippen molar-refractivity contribution in [1.82, 2.24) is 4.90 Å². The molecule has 1 atom stereocenters. The van der Waals surface area contributed by atoms with E-state index in [0.29, 0.717) is 13.2 Å². The first kappa shape index (κ1) is 21.5. The van der Waals surface area contributed by atoms with Gasteiger partial charge in [-0.25, -0.2) is 0 Å². The molecular weight excluding hydrogens is 384 g/mol. The van der Waals surface area contributed by atoms with Gasteiger partial charge in [0, 0.05) is 18.7 Å². The van der Waals surface area contributed by atoms with Crippen molar-refractivity contribution in [3.63, 3.8) is 0 Å². The number of carbonyl (C=O) groups is 1. The Bertz CT molecular complexity index is 846. The number of rotatable bonds is 8. The zero-order valence-electron chi connectivity index (χ0n) is 17.5. The molecule has 0 radical (unpaired) electrons. The maximum Gasteiger partial charge on any atom is 0.310 e. The van der Waals surface area contributed by atoms with Gasteiger partial charge in [0.05, 0.1) is 17.4 Å². The first-order chi connectivity index (χ1) is 14.1. The quantitative estimate of drug-likeness (QED) is 0.278. The molecule has 29 heavy (non-hydrogen) atoms. The van der Waals surface area contributed by atoms with Crippen LogP contribution in [0, 0.1) is 19.8 Å². The standard InChI is InChI=1S/C23H30N2O3S/c1-4-27-23(26)19-9-7-12-25(16-19)13-14-28-24-21(22-18(3)11-15-29-22)20-10-6-5-8-17(20)2/h5-6,8,10-11,15,19H,4,7,9,12-14,16H2,1-3H3/b24-21+/t19-/m0/s1. The lowest BCUT2D eigenvalue weighted by molar-refractivity contribution is -0.150. The van der Waals surface area contributed by atoms with Crippen LogP contribution in [0.5, 0.6) is 0 Å². The molecule has 0 spiro atoms. The molecule has 1 aliphatic rings. The minimum Gasteiger partial charge on any atom is -0.466 e. The largest absolute Gasteiger partial charge is 0.466 e. The number of benzene rings is 1. The molecule has 156 valence electrons. The van der Waals surface area contributed by atoms with Crippen LogP contribution in [0.1, 0.15) is 41.3 Å². The van der Waals surface area contributed by atoms with E-state index in [-0.39, 0.29) is 11.9 Å².